The van der Waals surface area contributed by atoms with E-state index >= 15 is 0 Å². The van der Waals surface area contributed by atoms with E-state index in [1.807, 2.05) is 25.9 Å². The van der Waals surface area contributed by atoms with Crippen LogP contribution in [0.5, 0.6) is 0 Å². The highest BCUT2D eigenvalue weighted by Crippen LogP contribution is 2.26. The van der Waals surface area contributed by atoms with Crippen molar-refractivity contribution in [1.29, 1.82) is 0 Å². The Kier molecular flexibility index (Phi) is 4.50. The fourth-order valence-corrected chi connectivity index (χ4v) is 3.54. The van der Waals surface area contributed by atoms with Crippen molar-refractivity contribution in [3.05, 3.63) is 28.7 Å². The summed E-state index contributed by atoms with van der Waals surface area (Å²) in [6.07, 6.45) is 4.89. The molecular weight excluding hydrogens is 330 g/mol. The summed E-state index contributed by atoms with van der Waals surface area (Å²) in [5, 5.41) is 15.3. The molecule has 0 radical (unpaired) electrons. The molecule has 130 valence electrons. The van der Waals surface area contributed by atoms with Crippen LogP contribution < -0.4 is 0 Å². The minimum absolute atomic E-state index is 0.184. The van der Waals surface area contributed by atoms with Gasteiger partial charge in [-0.1, -0.05) is 11.6 Å². The summed E-state index contributed by atoms with van der Waals surface area (Å²) in [6, 6.07) is 0. The normalized spacial score (nSPS) is 21.7. The predicted octanol–water partition coefficient (Wildman–Crippen LogP) is 1.22. The standard InChI is InChI=1S/C16H22ClN5O2/c1-11-7-18-14-12(17)13(19-22(14)8-11)15(23)21-6-4-5-16(24,10-21)9-20(2)3/h7-8,24H,4-6,9-10H2,1-3H3/t16-/m1/s1. The average molecular weight is 352 g/mol. The fourth-order valence-electron chi connectivity index (χ4n) is 3.29. The number of hydrogen-bond donors (Lipinski definition) is 1. The Morgan fingerprint density at radius 3 is 2.96 bits per heavy atom. The molecule has 1 fully saturated rings. The first-order valence-corrected chi connectivity index (χ1v) is 8.34. The number of likely N-dealkylation sites (N-methyl/N-ethyl adjacent to an activating group) is 1. The van der Waals surface area contributed by atoms with Gasteiger partial charge in [-0.25, -0.2) is 9.50 Å². The fraction of sp³-hybridized carbons (Fsp3) is 0.562. The first kappa shape index (κ1) is 17.1. The largest absolute Gasteiger partial charge is 0.387 e. The number of rotatable bonds is 3. The van der Waals surface area contributed by atoms with Crippen molar-refractivity contribution < 1.29 is 9.90 Å². The van der Waals surface area contributed by atoms with E-state index in [1.54, 1.807) is 17.3 Å². The van der Waals surface area contributed by atoms with Gasteiger partial charge in [0.2, 0.25) is 0 Å². The number of aliphatic hydroxyl groups is 1. The van der Waals surface area contributed by atoms with Gasteiger partial charge in [-0.3, -0.25) is 4.79 Å². The Hall–Kier alpha value is -1.70. The van der Waals surface area contributed by atoms with Crippen LogP contribution in [0.15, 0.2) is 12.4 Å². The van der Waals surface area contributed by atoms with Crippen molar-refractivity contribution in [1.82, 2.24) is 24.4 Å². The average Bonchev–Trinajstić information content (AvgIpc) is 2.81. The minimum atomic E-state index is -0.905. The summed E-state index contributed by atoms with van der Waals surface area (Å²) < 4.78 is 1.53. The van der Waals surface area contributed by atoms with Crippen molar-refractivity contribution in [2.24, 2.45) is 0 Å². The summed E-state index contributed by atoms with van der Waals surface area (Å²) in [4.78, 5) is 20.7. The second-order valence-corrected chi connectivity index (χ2v) is 7.23. The highest BCUT2D eigenvalue weighted by atomic mass is 35.5. The van der Waals surface area contributed by atoms with E-state index in [0.29, 0.717) is 25.2 Å². The smallest absolute Gasteiger partial charge is 0.276 e. The number of halogens is 1. The van der Waals surface area contributed by atoms with E-state index in [9.17, 15) is 9.90 Å². The van der Waals surface area contributed by atoms with Crippen LogP contribution in [0, 0.1) is 6.92 Å². The maximum absolute atomic E-state index is 12.9. The third-order valence-corrected chi connectivity index (χ3v) is 4.55. The first-order chi connectivity index (χ1) is 11.3. The number of likely N-dealkylation sites (tertiary alicyclic amines) is 1. The summed E-state index contributed by atoms with van der Waals surface area (Å²) in [7, 11) is 3.82. The van der Waals surface area contributed by atoms with Crippen LogP contribution >= 0.6 is 11.6 Å². The molecule has 1 atom stereocenters. The van der Waals surface area contributed by atoms with Gasteiger partial charge >= 0.3 is 0 Å². The van der Waals surface area contributed by atoms with Gasteiger partial charge in [0.1, 0.15) is 5.02 Å². The predicted molar refractivity (Wildman–Crippen MR) is 91.4 cm³/mol. The van der Waals surface area contributed by atoms with Gasteiger partial charge in [0, 0.05) is 25.5 Å². The van der Waals surface area contributed by atoms with Crippen LogP contribution in [0.4, 0.5) is 0 Å². The molecule has 7 nitrogen and oxygen atoms in total. The molecule has 1 aliphatic heterocycles. The van der Waals surface area contributed by atoms with Gasteiger partial charge in [0.25, 0.3) is 5.91 Å². The van der Waals surface area contributed by atoms with E-state index < -0.39 is 5.60 Å². The molecule has 0 bridgehead atoms. The highest BCUT2D eigenvalue weighted by Gasteiger charge is 2.37. The van der Waals surface area contributed by atoms with Crippen molar-refractivity contribution >= 4 is 23.2 Å². The Labute approximate surface area is 145 Å². The summed E-state index contributed by atoms with van der Waals surface area (Å²) in [6.45, 7) is 3.28. The number of carbonyl (C=O) groups is 1. The van der Waals surface area contributed by atoms with Crippen molar-refractivity contribution in [3.63, 3.8) is 0 Å². The monoisotopic (exact) mass is 351 g/mol. The highest BCUT2D eigenvalue weighted by molar-refractivity contribution is 6.36. The summed E-state index contributed by atoms with van der Waals surface area (Å²) in [5.41, 5.74) is 0.673. The number of hydrogen-bond acceptors (Lipinski definition) is 5. The maximum Gasteiger partial charge on any atom is 0.276 e. The number of carbonyl (C=O) groups excluding carboxylic acids is 1. The molecule has 3 heterocycles. The maximum atomic E-state index is 12.9. The van der Waals surface area contributed by atoms with Crippen LogP contribution in [-0.2, 0) is 0 Å². The molecule has 1 N–H and O–H groups in total. The molecule has 1 amide bonds. The van der Waals surface area contributed by atoms with Crippen LogP contribution in [0.2, 0.25) is 5.02 Å². The van der Waals surface area contributed by atoms with Crippen molar-refractivity contribution in [3.8, 4) is 0 Å². The SMILES string of the molecule is Cc1cnc2c(Cl)c(C(=O)N3CCC[C@@](O)(CN(C)C)C3)nn2c1. The summed E-state index contributed by atoms with van der Waals surface area (Å²) >= 11 is 6.31. The lowest BCUT2D eigenvalue weighted by molar-refractivity contribution is -0.0392. The minimum Gasteiger partial charge on any atom is -0.387 e. The number of aromatic nitrogens is 3. The Balaban J connectivity index is 1.87. The second kappa shape index (κ2) is 6.31. The van der Waals surface area contributed by atoms with Gasteiger partial charge in [0.05, 0.1) is 12.1 Å². The Bertz CT molecular complexity index is 775. The van der Waals surface area contributed by atoms with E-state index in [2.05, 4.69) is 10.1 Å². The van der Waals surface area contributed by atoms with E-state index in [0.717, 1.165) is 12.0 Å². The second-order valence-electron chi connectivity index (χ2n) is 6.85. The Morgan fingerprint density at radius 2 is 2.25 bits per heavy atom. The van der Waals surface area contributed by atoms with Gasteiger partial charge in [-0.2, -0.15) is 5.10 Å². The number of piperidine rings is 1. The number of β-amino-alcohol motifs (C(OH)–C–C–N with tert-alkyl or cyclic N) is 1. The van der Waals surface area contributed by atoms with E-state index in [1.165, 1.54) is 4.52 Å². The van der Waals surface area contributed by atoms with E-state index in [-0.39, 0.29) is 23.2 Å². The number of aryl methyl sites for hydroxylation is 1. The third-order valence-electron chi connectivity index (χ3n) is 4.20. The van der Waals surface area contributed by atoms with Crippen LogP contribution in [0.1, 0.15) is 28.9 Å². The lowest BCUT2D eigenvalue weighted by atomic mass is 9.92. The van der Waals surface area contributed by atoms with Crippen molar-refractivity contribution in [2.45, 2.75) is 25.4 Å². The molecule has 24 heavy (non-hydrogen) atoms. The Morgan fingerprint density at radius 1 is 1.50 bits per heavy atom. The molecule has 0 unspecified atom stereocenters. The first-order valence-electron chi connectivity index (χ1n) is 7.96. The molecule has 0 aliphatic carbocycles. The molecular formula is C16H22ClN5O2. The zero-order valence-corrected chi connectivity index (χ0v) is 14.9. The number of nitrogens with zero attached hydrogens (tertiary/aromatic N) is 5. The lowest BCUT2D eigenvalue weighted by Crippen LogP contribution is -2.54. The quantitative estimate of drug-likeness (QED) is 0.900. The van der Waals surface area contributed by atoms with Crippen LogP contribution in [-0.4, -0.2) is 74.7 Å². The molecule has 0 saturated carbocycles. The van der Waals surface area contributed by atoms with Gasteiger partial charge < -0.3 is 14.9 Å². The van der Waals surface area contributed by atoms with E-state index in [4.69, 9.17) is 11.6 Å². The molecule has 1 aliphatic rings. The topological polar surface area (TPSA) is 74.0 Å². The molecule has 0 spiro atoms. The van der Waals surface area contributed by atoms with Crippen molar-refractivity contribution in [2.75, 3.05) is 33.7 Å². The molecule has 8 heteroatoms. The molecule has 1 saturated heterocycles. The van der Waals surface area contributed by atoms with Gasteiger partial charge in [0.15, 0.2) is 11.3 Å². The molecule has 2 aromatic heterocycles. The van der Waals surface area contributed by atoms with Gasteiger partial charge in [-0.05, 0) is 39.4 Å². The molecule has 2 aromatic rings. The van der Waals surface area contributed by atoms with Crippen LogP contribution in [0.3, 0.4) is 0 Å². The molecule has 3 rings (SSSR count). The number of fused-ring (bicyclic) bond motifs is 1. The number of amides is 1. The zero-order valence-electron chi connectivity index (χ0n) is 14.2. The van der Waals surface area contributed by atoms with Gasteiger partial charge in [-0.15, -0.1) is 0 Å². The zero-order chi connectivity index (χ0) is 17.5. The molecule has 0 aromatic carbocycles. The summed E-state index contributed by atoms with van der Waals surface area (Å²) in [5.74, 6) is -0.264. The third kappa shape index (κ3) is 3.24. The lowest BCUT2D eigenvalue weighted by Gasteiger charge is -2.40. The van der Waals surface area contributed by atoms with Crippen LogP contribution in [0.25, 0.3) is 5.65 Å².